The van der Waals surface area contributed by atoms with Crippen LogP contribution in [0.5, 0.6) is 0 Å². The van der Waals surface area contributed by atoms with E-state index in [0.29, 0.717) is 13.2 Å². The summed E-state index contributed by atoms with van der Waals surface area (Å²) in [6, 6.07) is 4.02. The van der Waals surface area contributed by atoms with Gasteiger partial charge in [0.25, 0.3) is 5.91 Å². The summed E-state index contributed by atoms with van der Waals surface area (Å²) in [5.41, 5.74) is 0.306. The lowest BCUT2D eigenvalue weighted by atomic mass is 10.3. The van der Waals surface area contributed by atoms with E-state index in [1.165, 1.54) is 39.6 Å². The number of nitrogens with one attached hydrogen (secondary N) is 1. The summed E-state index contributed by atoms with van der Waals surface area (Å²) in [4.78, 5) is 24.0. The van der Waals surface area contributed by atoms with Crippen LogP contribution in [-0.2, 0) is 31.3 Å². The lowest BCUT2D eigenvalue weighted by molar-refractivity contribution is -0.119. The molecule has 1 fully saturated rings. The summed E-state index contributed by atoms with van der Waals surface area (Å²) < 4.78 is 38.3. The average Bonchev–Trinajstić information content (AvgIpc) is 3.15. The third-order valence-corrected chi connectivity index (χ3v) is 6.32. The summed E-state index contributed by atoms with van der Waals surface area (Å²) >= 11 is 6.08. The molecule has 1 amide bonds. The lowest BCUT2D eigenvalue weighted by Gasteiger charge is -2.26. The van der Waals surface area contributed by atoms with Gasteiger partial charge in [-0.15, -0.1) is 0 Å². The molecule has 2 aromatic rings. The maximum atomic E-state index is 12.7. The van der Waals surface area contributed by atoms with Crippen molar-refractivity contribution in [2.75, 3.05) is 38.2 Å². The predicted molar refractivity (Wildman–Crippen MR) is 103 cm³/mol. The topological polar surface area (TPSA) is 120 Å². The van der Waals surface area contributed by atoms with E-state index in [4.69, 9.17) is 21.1 Å². The van der Waals surface area contributed by atoms with Crippen molar-refractivity contribution in [1.82, 2.24) is 14.1 Å². The van der Waals surface area contributed by atoms with Crippen LogP contribution >= 0.6 is 11.6 Å². The molecule has 29 heavy (non-hydrogen) atoms. The highest BCUT2D eigenvalue weighted by atomic mass is 35.5. The number of rotatable bonds is 6. The zero-order valence-electron chi connectivity index (χ0n) is 15.5. The van der Waals surface area contributed by atoms with Gasteiger partial charge in [-0.25, -0.2) is 13.2 Å². The summed E-state index contributed by atoms with van der Waals surface area (Å²) in [6.45, 7) is 0.565. The molecule has 1 N–H and O–H groups in total. The summed E-state index contributed by atoms with van der Waals surface area (Å²) in [6.07, 6.45) is 2.77. The number of amides is 1. The first-order valence-electron chi connectivity index (χ1n) is 8.60. The van der Waals surface area contributed by atoms with Crippen molar-refractivity contribution in [1.29, 1.82) is 0 Å². The van der Waals surface area contributed by atoms with Gasteiger partial charge < -0.3 is 14.8 Å². The average molecular weight is 443 g/mol. The quantitative estimate of drug-likeness (QED) is 0.659. The number of ether oxygens (including phenoxy) is 2. The smallest absolute Gasteiger partial charge is 0.341 e. The van der Waals surface area contributed by atoms with Gasteiger partial charge in [-0.05, 0) is 18.2 Å². The molecule has 2 heterocycles. The molecule has 1 saturated heterocycles. The number of benzene rings is 1. The molecule has 0 radical (unpaired) electrons. The van der Waals surface area contributed by atoms with Gasteiger partial charge in [0.1, 0.15) is 0 Å². The molecule has 156 valence electrons. The Bertz CT molecular complexity index is 1020. The molecule has 1 aromatic carbocycles. The number of carbonyl (C=O) groups is 2. The van der Waals surface area contributed by atoms with Gasteiger partial charge in [0.15, 0.2) is 6.61 Å². The Morgan fingerprint density at radius 3 is 2.69 bits per heavy atom. The summed E-state index contributed by atoms with van der Waals surface area (Å²) in [5.74, 6) is -1.37. The number of esters is 1. The van der Waals surface area contributed by atoms with E-state index in [-0.39, 0.29) is 34.3 Å². The zero-order valence-corrected chi connectivity index (χ0v) is 17.1. The van der Waals surface area contributed by atoms with Crippen LogP contribution in [0.2, 0.25) is 5.02 Å². The Hall–Kier alpha value is -2.47. The maximum absolute atomic E-state index is 12.7. The number of aromatic nitrogens is 2. The Balaban J connectivity index is 1.66. The molecule has 1 aliphatic heterocycles. The van der Waals surface area contributed by atoms with Crippen molar-refractivity contribution in [3.63, 3.8) is 0 Å². The highest BCUT2D eigenvalue weighted by Gasteiger charge is 2.27. The number of aryl methyl sites for hydroxylation is 1. The van der Waals surface area contributed by atoms with E-state index in [9.17, 15) is 18.0 Å². The van der Waals surface area contributed by atoms with E-state index in [0.717, 1.165) is 0 Å². The van der Waals surface area contributed by atoms with Crippen molar-refractivity contribution in [2.24, 2.45) is 7.05 Å². The van der Waals surface area contributed by atoms with Gasteiger partial charge in [-0.1, -0.05) is 11.6 Å². The molecule has 10 nitrogen and oxygen atoms in total. The van der Waals surface area contributed by atoms with Gasteiger partial charge in [-0.2, -0.15) is 9.40 Å². The van der Waals surface area contributed by atoms with Crippen LogP contribution in [0, 0.1) is 0 Å². The standard InChI is InChI=1S/C17H19ClN4O6S/c1-21-10-12(9-19-21)17(24)28-11-16(23)20-15-8-13(2-3-14(15)18)29(25,26)22-4-6-27-7-5-22/h2-3,8-10H,4-7,11H2,1H3,(H,20,23). The molecule has 12 heteroatoms. The van der Waals surface area contributed by atoms with Crippen molar-refractivity contribution in [3.05, 3.63) is 41.2 Å². The fraction of sp³-hybridized carbons (Fsp3) is 0.353. The highest BCUT2D eigenvalue weighted by Crippen LogP contribution is 2.27. The second-order valence-corrected chi connectivity index (χ2v) is 8.53. The number of morpholine rings is 1. The molecule has 0 spiro atoms. The number of anilines is 1. The van der Waals surface area contributed by atoms with Crippen LogP contribution in [0.3, 0.4) is 0 Å². The fourth-order valence-electron chi connectivity index (χ4n) is 2.62. The van der Waals surface area contributed by atoms with Crippen molar-refractivity contribution >= 4 is 39.2 Å². The number of hydrogen-bond acceptors (Lipinski definition) is 7. The molecule has 0 bridgehead atoms. The first-order chi connectivity index (χ1) is 13.8. The first-order valence-corrected chi connectivity index (χ1v) is 10.4. The van der Waals surface area contributed by atoms with Crippen LogP contribution in [0.1, 0.15) is 10.4 Å². The molecular formula is C17H19ClN4O6S. The highest BCUT2D eigenvalue weighted by molar-refractivity contribution is 7.89. The second-order valence-electron chi connectivity index (χ2n) is 6.19. The molecule has 0 atom stereocenters. The van der Waals surface area contributed by atoms with Crippen molar-refractivity contribution < 1.29 is 27.5 Å². The molecular weight excluding hydrogens is 424 g/mol. The number of carbonyl (C=O) groups excluding carboxylic acids is 2. The Morgan fingerprint density at radius 2 is 2.03 bits per heavy atom. The Labute approximate surface area is 172 Å². The molecule has 3 rings (SSSR count). The van der Waals surface area contributed by atoms with Gasteiger partial charge in [0.05, 0.1) is 40.6 Å². The van der Waals surface area contributed by atoms with Gasteiger partial charge in [0, 0.05) is 26.3 Å². The van der Waals surface area contributed by atoms with E-state index in [1.54, 1.807) is 7.05 Å². The van der Waals surface area contributed by atoms with Crippen LogP contribution < -0.4 is 5.32 Å². The summed E-state index contributed by atoms with van der Waals surface area (Å²) in [5, 5.41) is 6.46. The maximum Gasteiger partial charge on any atom is 0.341 e. The minimum absolute atomic E-state index is 0.00791. The molecule has 0 unspecified atom stereocenters. The van der Waals surface area contributed by atoms with Crippen LogP contribution in [0.25, 0.3) is 0 Å². The number of nitrogens with zero attached hydrogens (tertiary/aromatic N) is 3. The SMILES string of the molecule is Cn1cc(C(=O)OCC(=O)Nc2cc(S(=O)(=O)N3CCOCC3)ccc2Cl)cn1. The van der Waals surface area contributed by atoms with Crippen LogP contribution in [-0.4, -0.2) is 67.3 Å². The Morgan fingerprint density at radius 1 is 1.31 bits per heavy atom. The minimum Gasteiger partial charge on any atom is -0.452 e. The lowest BCUT2D eigenvalue weighted by Crippen LogP contribution is -2.40. The van der Waals surface area contributed by atoms with Crippen molar-refractivity contribution in [3.8, 4) is 0 Å². The van der Waals surface area contributed by atoms with E-state index < -0.39 is 28.5 Å². The van der Waals surface area contributed by atoms with E-state index in [2.05, 4.69) is 10.4 Å². The largest absolute Gasteiger partial charge is 0.452 e. The zero-order chi connectivity index (χ0) is 21.0. The number of halogens is 1. The normalized spacial score (nSPS) is 15.1. The molecule has 0 saturated carbocycles. The third-order valence-electron chi connectivity index (χ3n) is 4.09. The second kappa shape index (κ2) is 8.91. The summed E-state index contributed by atoms with van der Waals surface area (Å²) in [7, 11) is -2.11. The van der Waals surface area contributed by atoms with Crippen LogP contribution in [0.4, 0.5) is 5.69 Å². The van der Waals surface area contributed by atoms with Gasteiger partial charge in [0.2, 0.25) is 10.0 Å². The minimum atomic E-state index is -3.75. The van der Waals surface area contributed by atoms with Gasteiger partial charge >= 0.3 is 5.97 Å². The molecule has 1 aliphatic rings. The van der Waals surface area contributed by atoms with Crippen molar-refractivity contribution in [2.45, 2.75) is 4.90 Å². The number of hydrogen-bond donors (Lipinski definition) is 1. The number of sulfonamides is 1. The predicted octanol–water partition coefficient (Wildman–Crippen LogP) is 0.890. The Kier molecular flexibility index (Phi) is 6.52. The van der Waals surface area contributed by atoms with Crippen LogP contribution in [0.15, 0.2) is 35.5 Å². The monoisotopic (exact) mass is 442 g/mol. The fourth-order valence-corrected chi connectivity index (χ4v) is 4.22. The van der Waals surface area contributed by atoms with E-state index in [1.807, 2.05) is 0 Å². The third kappa shape index (κ3) is 5.12. The van der Waals surface area contributed by atoms with Gasteiger partial charge in [-0.3, -0.25) is 9.48 Å². The van der Waals surface area contributed by atoms with E-state index >= 15 is 0 Å². The molecule has 0 aliphatic carbocycles. The molecule has 1 aromatic heterocycles. The first kappa shape index (κ1) is 21.2.